The molecule has 0 saturated heterocycles. The summed E-state index contributed by atoms with van der Waals surface area (Å²) >= 11 is 0. The van der Waals surface area contributed by atoms with E-state index in [4.69, 9.17) is 0 Å². The molecule has 78 valence electrons. The van der Waals surface area contributed by atoms with Crippen LogP contribution < -0.4 is 0 Å². The molecule has 2 unspecified atom stereocenters. The molecule has 2 aliphatic rings. The minimum Gasteiger partial charge on any atom is -0.388 e. The van der Waals surface area contributed by atoms with Gasteiger partial charge in [0.05, 0.1) is 17.1 Å². The molecule has 14 heavy (non-hydrogen) atoms. The van der Waals surface area contributed by atoms with E-state index in [9.17, 15) is 10.4 Å². The lowest BCUT2D eigenvalue weighted by atomic mass is 9.56. The highest BCUT2D eigenvalue weighted by Gasteiger charge is 2.59. The van der Waals surface area contributed by atoms with Crippen LogP contribution in [-0.2, 0) is 0 Å². The lowest BCUT2D eigenvalue weighted by molar-refractivity contribution is -0.120. The Morgan fingerprint density at radius 3 is 2.50 bits per heavy atom. The van der Waals surface area contributed by atoms with E-state index in [-0.39, 0.29) is 5.41 Å². The third-order valence-electron chi connectivity index (χ3n) is 4.53. The van der Waals surface area contributed by atoms with Crippen molar-refractivity contribution >= 4 is 0 Å². The first kappa shape index (κ1) is 9.98. The van der Waals surface area contributed by atoms with Crippen molar-refractivity contribution in [1.82, 2.24) is 0 Å². The lowest BCUT2D eigenvalue weighted by Crippen LogP contribution is -2.53. The van der Waals surface area contributed by atoms with E-state index in [1.807, 2.05) is 0 Å². The van der Waals surface area contributed by atoms with Gasteiger partial charge >= 0.3 is 0 Å². The van der Waals surface area contributed by atoms with Crippen molar-refractivity contribution in [2.45, 2.75) is 57.5 Å². The van der Waals surface area contributed by atoms with Gasteiger partial charge in [-0.05, 0) is 31.6 Å². The first-order valence-corrected chi connectivity index (χ1v) is 5.82. The Kier molecular flexibility index (Phi) is 2.31. The van der Waals surface area contributed by atoms with Gasteiger partial charge in [-0.3, -0.25) is 0 Å². The van der Waals surface area contributed by atoms with Crippen molar-refractivity contribution < 1.29 is 5.11 Å². The van der Waals surface area contributed by atoms with Gasteiger partial charge in [0.15, 0.2) is 0 Å². The smallest absolute Gasteiger partial charge is 0.0863 e. The average Bonchev–Trinajstić information content (AvgIpc) is 2.46. The molecular formula is C12H19NO. The van der Waals surface area contributed by atoms with Crippen LogP contribution in [0.2, 0.25) is 0 Å². The zero-order chi connectivity index (χ0) is 10.2. The molecule has 2 aliphatic carbocycles. The monoisotopic (exact) mass is 193 g/mol. The average molecular weight is 193 g/mol. The summed E-state index contributed by atoms with van der Waals surface area (Å²) < 4.78 is 0. The third kappa shape index (κ3) is 1.05. The van der Waals surface area contributed by atoms with Crippen molar-refractivity contribution in [2.75, 3.05) is 0 Å². The lowest BCUT2D eigenvalue weighted by Gasteiger charge is -2.49. The van der Waals surface area contributed by atoms with Crippen molar-refractivity contribution in [3.63, 3.8) is 0 Å². The van der Waals surface area contributed by atoms with Gasteiger partial charge in [0, 0.05) is 0 Å². The fourth-order valence-electron chi connectivity index (χ4n) is 3.40. The van der Waals surface area contributed by atoms with Crippen LogP contribution in [0.25, 0.3) is 0 Å². The summed E-state index contributed by atoms with van der Waals surface area (Å²) in [6.45, 7) is 2.13. The Hall–Kier alpha value is -0.550. The minimum absolute atomic E-state index is 0.363. The number of hydrogen-bond donors (Lipinski definition) is 1. The van der Waals surface area contributed by atoms with E-state index in [1.165, 1.54) is 0 Å². The highest BCUT2D eigenvalue weighted by Crippen LogP contribution is 2.57. The molecule has 0 bridgehead atoms. The second-order valence-electron chi connectivity index (χ2n) is 4.97. The molecule has 2 saturated carbocycles. The number of nitrogens with zero attached hydrogens (tertiary/aromatic N) is 1. The molecular weight excluding hydrogens is 174 g/mol. The van der Waals surface area contributed by atoms with Crippen molar-refractivity contribution in [2.24, 2.45) is 11.3 Å². The second kappa shape index (κ2) is 3.24. The molecule has 2 fully saturated rings. The predicted molar refractivity (Wildman–Crippen MR) is 54.5 cm³/mol. The number of nitriles is 1. The van der Waals surface area contributed by atoms with Crippen LogP contribution in [0.3, 0.4) is 0 Å². The summed E-state index contributed by atoms with van der Waals surface area (Å²) in [5.74, 6) is 0.363. The van der Waals surface area contributed by atoms with Crippen LogP contribution in [0.15, 0.2) is 0 Å². The maximum Gasteiger partial charge on any atom is 0.0863 e. The molecule has 2 atom stereocenters. The van der Waals surface area contributed by atoms with Crippen molar-refractivity contribution in [3.05, 3.63) is 0 Å². The van der Waals surface area contributed by atoms with Gasteiger partial charge in [-0.1, -0.05) is 26.2 Å². The fraction of sp³-hybridized carbons (Fsp3) is 0.917. The summed E-state index contributed by atoms with van der Waals surface area (Å²) in [5, 5.41) is 20.0. The zero-order valence-corrected chi connectivity index (χ0v) is 8.92. The van der Waals surface area contributed by atoms with E-state index in [0.29, 0.717) is 5.92 Å². The zero-order valence-electron chi connectivity index (χ0n) is 8.92. The molecule has 0 radical (unpaired) electrons. The van der Waals surface area contributed by atoms with Gasteiger partial charge < -0.3 is 5.11 Å². The largest absolute Gasteiger partial charge is 0.388 e. The van der Waals surface area contributed by atoms with E-state index < -0.39 is 5.60 Å². The topological polar surface area (TPSA) is 44.0 Å². The van der Waals surface area contributed by atoms with Gasteiger partial charge in [-0.15, -0.1) is 0 Å². The first-order valence-electron chi connectivity index (χ1n) is 5.82. The van der Waals surface area contributed by atoms with Gasteiger partial charge in [-0.2, -0.15) is 5.26 Å². The maximum atomic E-state index is 10.7. The van der Waals surface area contributed by atoms with Crippen LogP contribution >= 0.6 is 0 Å². The predicted octanol–water partition coefficient (Wildman–Crippen LogP) is 2.62. The van der Waals surface area contributed by atoms with Crippen LogP contribution in [0, 0.1) is 22.7 Å². The molecule has 2 heteroatoms. The summed E-state index contributed by atoms with van der Waals surface area (Å²) in [6, 6.07) is 2.41. The van der Waals surface area contributed by atoms with Crippen molar-refractivity contribution in [3.8, 4) is 6.07 Å². The van der Waals surface area contributed by atoms with Crippen LogP contribution in [0.5, 0.6) is 0 Å². The summed E-state index contributed by atoms with van der Waals surface area (Å²) in [5.41, 5.74) is -1.04. The molecule has 0 aromatic carbocycles. The Balaban J connectivity index is 2.26. The van der Waals surface area contributed by atoms with E-state index >= 15 is 0 Å². The fourth-order valence-corrected chi connectivity index (χ4v) is 3.40. The highest BCUT2D eigenvalue weighted by atomic mass is 16.3. The van der Waals surface area contributed by atoms with Crippen LogP contribution in [0.4, 0.5) is 0 Å². The Morgan fingerprint density at radius 2 is 2.07 bits per heavy atom. The Morgan fingerprint density at radius 1 is 1.36 bits per heavy atom. The third-order valence-corrected chi connectivity index (χ3v) is 4.53. The van der Waals surface area contributed by atoms with E-state index in [1.54, 1.807) is 0 Å². The minimum atomic E-state index is -0.658. The molecule has 2 rings (SSSR count). The normalized spacial score (nSPS) is 40.2. The molecule has 0 spiro atoms. The highest BCUT2D eigenvalue weighted by molar-refractivity contribution is 5.18. The van der Waals surface area contributed by atoms with Crippen molar-refractivity contribution in [1.29, 1.82) is 5.26 Å². The first-order chi connectivity index (χ1) is 6.68. The molecule has 0 heterocycles. The molecule has 0 aliphatic heterocycles. The molecule has 0 aromatic rings. The summed E-state index contributed by atoms with van der Waals surface area (Å²) in [4.78, 5) is 0. The number of aliphatic hydroxyl groups is 1. The maximum absolute atomic E-state index is 10.7. The molecule has 1 N–H and O–H groups in total. The van der Waals surface area contributed by atoms with Gasteiger partial charge in [-0.25, -0.2) is 0 Å². The molecule has 2 nitrogen and oxygen atoms in total. The van der Waals surface area contributed by atoms with E-state index in [2.05, 4.69) is 13.0 Å². The quantitative estimate of drug-likeness (QED) is 0.732. The molecule has 0 amide bonds. The number of rotatable bonds is 2. The molecule has 0 aromatic heterocycles. The van der Waals surface area contributed by atoms with Gasteiger partial charge in [0.25, 0.3) is 0 Å². The van der Waals surface area contributed by atoms with Gasteiger partial charge in [0.1, 0.15) is 0 Å². The number of hydrogen-bond acceptors (Lipinski definition) is 2. The summed E-state index contributed by atoms with van der Waals surface area (Å²) in [7, 11) is 0. The Bertz CT molecular complexity index is 264. The second-order valence-corrected chi connectivity index (χ2v) is 4.97. The van der Waals surface area contributed by atoms with Crippen LogP contribution in [-0.4, -0.2) is 10.7 Å². The van der Waals surface area contributed by atoms with Gasteiger partial charge in [0.2, 0.25) is 0 Å². The van der Waals surface area contributed by atoms with E-state index in [0.717, 1.165) is 44.9 Å². The Labute approximate surface area is 85.9 Å². The SMILES string of the molecule is CCC1CCCC1(O)C1(C#N)CCC1. The standard InChI is InChI=1S/C12H19NO/c1-2-10-5-3-8-12(10,14)11(9-13)6-4-7-11/h10,14H,2-8H2,1H3. The van der Waals surface area contributed by atoms with Crippen LogP contribution in [0.1, 0.15) is 51.9 Å². The summed E-state index contributed by atoms with van der Waals surface area (Å²) in [6.07, 6.45) is 7.01.